The second-order valence-electron chi connectivity index (χ2n) is 14.9. The van der Waals surface area contributed by atoms with Crippen LogP contribution >= 0.6 is 21.6 Å². The van der Waals surface area contributed by atoms with Gasteiger partial charge in [0.1, 0.15) is 25.8 Å². The van der Waals surface area contributed by atoms with Gasteiger partial charge in [-0.05, 0) is 25.7 Å². The van der Waals surface area contributed by atoms with Crippen molar-refractivity contribution in [3.63, 3.8) is 0 Å². The Bertz CT molecular complexity index is 948. The SMILES string of the molecule is CCCCCCCCC(CCCCCC)C(=O)OCCN(CCOC(=O)C(CCCCCC)CCCCCCCC)C(=O)OCCSSCC[NH3+].O=C([O-])C(F)(F)F. The maximum atomic E-state index is 13.3. The molecule has 0 spiro atoms. The fourth-order valence-electron chi connectivity index (χ4n) is 6.21. The van der Waals surface area contributed by atoms with Crippen molar-refractivity contribution >= 4 is 45.6 Å². The van der Waals surface area contributed by atoms with Gasteiger partial charge in [0.15, 0.2) is 0 Å². The van der Waals surface area contributed by atoms with Crippen molar-refractivity contribution in [3.8, 4) is 0 Å². The molecule has 1 amide bonds. The van der Waals surface area contributed by atoms with Crippen LogP contribution in [0.5, 0.6) is 0 Å². The zero-order valence-corrected chi connectivity index (χ0v) is 38.3. The molecule has 0 aromatic heterocycles. The number of halogens is 3. The Kier molecular flexibility index (Phi) is 42.0. The highest BCUT2D eigenvalue weighted by Crippen LogP contribution is 2.23. The summed E-state index contributed by atoms with van der Waals surface area (Å²) < 4.78 is 48.8. The molecule has 0 bridgehead atoms. The maximum Gasteiger partial charge on any atom is 0.430 e. The number of carbonyl (C=O) groups is 4. The smallest absolute Gasteiger partial charge is 0.430 e. The van der Waals surface area contributed by atoms with Crippen molar-refractivity contribution in [1.29, 1.82) is 0 Å². The molecule has 0 saturated heterocycles. The van der Waals surface area contributed by atoms with E-state index >= 15 is 0 Å². The number of alkyl halides is 3. The van der Waals surface area contributed by atoms with E-state index in [9.17, 15) is 27.6 Å². The largest absolute Gasteiger partial charge is 0.542 e. The van der Waals surface area contributed by atoms with E-state index in [0.29, 0.717) is 12.4 Å². The molecule has 10 nitrogen and oxygen atoms in total. The van der Waals surface area contributed by atoms with E-state index in [0.717, 1.165) is 89.3 Å². The Labute approximate surface area is 357 Å². The Morgan fingerprint density at radius 3 is 1.22 bits per heavy atom. The average Bonchev–Trinajstić information content (AvgIpc) is 3.19. The first-order valence-electron chi connectivity index (χ1n) is 22.5. The molecular formula is C43H81F3N2O8S2. The van der Waals surface area contributed by atoms with Gasteiger partial charge in [-0.1, -0.05) is 178 Å². The van der Waals surface area contributed by atoms with Gasteiger partial charge in [0, 0.05) is 5.75 Å². The highest BCUT2D eigenvalue weighted by Gasteiger charge is 2.29. The van der Waals surface area contributed by atoms with Crippen LogP contribution < -0.4 is 10.8 Å². The van der Waals surface area contributed by atoms with Gasteiger partial charge in [-0.2, -0.15) is 13.2 Å². The van der Waals surface area contributed by atoms with Gasteiger partial charge in [0.05, 0.1) is 37.2 Å². The van der Waals surface area contributed by atoms with E-state index in [1.807, 2.05) is 0 Å². The number of esters is 2. The van der Waals surface area contributed by atoms with Crippen LogP contribution in [-0.2, 0) is 28.6 Å². The normalized spacial score (nSPS) is 12.3. The third-order valence-electron chi connectivity index (χ3n) is 9.70. The maximum absolute atomic E-state index is 13.3. The predicted octanol–water partition coefficient (Wildman–Crippen LogP) is 10.1. The van der Waals surface area contributed by atoms with Crippen molar-refractivity contribution in [2.45, 2.75) is 188 Å². The van der Waals surface area contributed by atoms with Crippen LogP contribution in [0.1, 0.15) is 182 Å². The lowest BCUT2D eigenvalue weighted by molar-refractivity contribution is -0.360. The highest BCUT2D eigenvalue weighted by molar-refractivity contribution is 8.76. The quantitative estimate of drug-likeness (QED) is 0.0275. The van der Waals surface area contributed by atoms with Gasteiger partial charge in [-0.15, -0.1) is 0 Å². The van der Waals surface area contributed by atoms with Gasteiger partial charge in [-0.25, -0.2) is 4.79 Å². The summed E-state index contributed by atoms with van der Waals surface area (Å²) in [7, 11) is 3.39. The summed E-state index contributed by atoms with van der Waals surface area (Å²) in [6.45, 7) is 10.6. The number of nitrogens with zero attached hydrogens (tertiary/aromatic N) is 1. The molecule has 0 aliphatic carbocycles. The molecule has 0 rings (SSSR count). The van der Waals surface area contributed by atoms with Crippen molar-refractivity contribution in [3.05, 3.63) is 0 Å². The second-order valence-corrected chi connectivity index (χ2v) is 17.6. The third kappa shape index (κ3) is 37.2. The summed E-state index contributed by atoms with van der Waals surface area (Å²) in [5, 5.41) is 8.78. The minimum atomic E-state index is -5.19. The molecule has 0 aromatic carbocycles. The summed E-state index contributed by atoms with van der Waals surface area (Å²) in [4.78, 5) is 50.0. The van der Waals surface area contributed by atoms with E-state index in [1.54, 1.807) is 21.6 Å². The average molecular weight is 875 g/mol. The lowest BCUT2D eigenvalue weighted by atomic mass is 9.94. The van der Waals surface area contributed by atoms with Crippen LogP contribution in [0.2, 0.25) is 0 Å². The fraction of sp³-hybridized carbons (Fsp3) is 0.907. The monoisotopic (exact) mass is 875 g/mol. The molecule has 0 fully saturated rings. The lowest BCUT2D eigenvalue weighted by Crippen LogP contribution is -2.51. The van der Waals surface area contributed by atoms with E-state index in [4.69, 9.17) is 24.1 Å². The van der Waals surface area contributed by atoms with Crippen LogP contribution in [-0.4, -0.2) is 86.0 Å². The summed E-state index contributed by atoms with van der Waals surface area (Å²) in [6, 6.07) is 0. The van der Waals surface area contributed by atoms with Crippen LogP contribution in [0.3, 0.4) is 0 Å². The number of amides is 1. The van der Waals surface area contributed by atoms with E-state index in [1.165, 1.54) is 81.9 Å². The first-order chi connectivity index (χ1) is 27.9. The first kappa shape index (κ1) is 58.2. The number of rotatable bonds is 38. The Morgan fingerprint density at radius 2 is 0.879 bits per heavy atom. The molecule has 344 valence electrons. The molecule has 3 N–H and O–H groups in total. The fourth-order valence-corrected chi connectivity index (χ4v) is 7.98. The summed E-state index contributed by atoms with van der Waals surface area (Å²) >= 11 is 0. The van der Waals surface area contributed by atoms with Gasteiger partial charge in [0.25, 0.3) is 0 Å². The van der Waals surface area contributed by atoms with E-state index in [-0.39, 0.29) is 50.1 Å². The zero-order chi connectivity index (χ0) is 43.7. The molecule has 58 heavy (non-hydrogen) atoms. The molecule has 2 unspecified atom stereocenters. The molecular weight excluding hydrogens is 794 g/mol. The molecule has 15 heteroatoms. The van der Waals surface area contributed by atoms with E-state index < -0.39 is 18.2 Å². The first-order valence-corrected chi connectivity index (χ1v) is 24.9. The van der Waals surface area contributed by atoms with Gasteiger partial charge in [0.2, 0.25) is 0 Å². The van der Waals surface area contributed by atoms with Gasteiger partial charge >= 0.3 is 24.2 Å². The number of hydrogen-bond donors (Lipinski definition) is 1. The topological polar surface area (TPSA) is 150 Å². The molecule has 2 atom stereocenters. The standard InChI is InChI=1S/C41H80N2O6S2.C2HF3O2/c1-5-9-13-17-19-23-27-37(25-21-15-11-7-3)39(44)47-32-30-43(41(46)49-34-36-51-50-35-29-42)31-33-48-40(45)38(26-22-16-12-8-4)28-24-20-18-14-10-6-2;3-2(4,5)1(6)7/h37-38H,5-36,42H2,1-4H3;(H,6,7). The van der Waals surface area contributed by atoms with Crippen LogP contribution in [0.25, 0.3) is 0 Å². The molecule has 0 radical (unpaired) electrons. The highest BCUT2D eigenvalue weighted by atomic mass is 33.1. The number of ether oxygens (including phenoxy) is 3. The van der Waals surface area contributed by atoms with Crippen LogP contribution in [0, 0.1) is 11.8 Å². The third-order valence-corrected chi connectivity index (χ3v) is 12.2. The number of carbonyl (C=O) groups excluding carboxylic acids is 4. The van der Waals surface area contributed by atoms with Crippen molar-refractivity contribution in [1.82, 2.24) is 4.90 Å². The van der Waals surface area contributed by atoms with Gasteiger partial charge < -0.3 is 34.7 Å². The minimum absolute atomic E-state index is 0.0943. The van der Waals surface area contributed by atoms with Crippen molar-refractivity contribution in [2.24, 2.45) is 11.8 Å². The Hall–Kier alpha value is -1.87. The Morgan fingerprint density at radius 1 is 0.552 bits per heavy atom. The van der Waals surface area contributed by atoms with Gasteiger partial charge in [-0.3, -0.25) is 9.59 Å². The number of hydrogen-bond acceptors (Lipinski definition) is 10. The van der Waals surface area contributed by atoms with Crippen LogP contribution in [0.4, 0.5) is 18.0 Å². The number of quaternary nitrogens is 1. The second kappa shape index (κ2) is 41.8. The van der Waals surface area contributed by atoms with Crippen molar-refractivity contribution in [2.75, 3.05) is 51.0 Å². The number of carboxylic acid groups (broad SMARTS) is 1. The summed E-state index contributed by atoms with van der Waals surface area (Å²) in [5.74, 6) is -1.86. The summed E-state index contributed by atoms with van der Waals surface area (Å²) in [5.41, 5.74) is 3.86. The zero-order valence-electron chi connectivity index (χ0n) is 36.7. The number of aliphatic carboxylic acids is 1. The molecule has 0 aromatic rings. The minimum Gasteiger partial charge on any atom is -0.542 e. The number of carboxylic acids is 1. The van der Waals surface area contributed by atoms with Crippen LogP contribution in [0.15, 0.2) is 0 Å². The summed E-state index contributed by atoms with van der Waals surface area (Å²) in [6.07, 6.45) is 21.2. The number of unbranched alkanes of at least 4 members (excludes halogenated alkanes) is 16. The van der Waals surface area contributed by atoms with Crippen molar-refractivity contribution < 1.29 is 57.4 Å². The molecule has 0 aliphatic heterocycles. The molecule has 0 heterocycles. The predicted molar refractivity (Wildman–Crippen MR) is 229 cm³/mol. The Balaban J connectivity index is 0. The lowest BCUT2D eigenvalue weighted by Gasteiger charge is -2.23. The van der Waals surface area contributed by atoms with E-state index in [2.05, 4.69) is 33.4 Å². The molecule has 0 saturated carbocycles. The molecule has 0 aliphatic rings.